The third-order valence-electron chi connectivity index (χ3n) is 7.22. The van der Waals surface area contributed by atoms with Gasteiger partial charge in [0.25, 0.3) is 5.91 Å². The van der Waals surface area contributed by atoms with Crippen LogP contribution in [0.25, 0.3) is 0 Å². The van der Waals surface area contributed by atoms with Gasteiger partial charge in [-0.1, -0.05) is 47.7 Å². The highest BCUT2D eigenvalue weighted by Crippen LogP contribution is 2.34. The zero-order valence-corrected chi connectivity index (χ0v) is 22.4. The fourth-order valence-electron chi connectivity index (χ4n) is 5.24. The van der Waals surface area contributed by atoms with Gasteiger partial charge >= 0.3 is 0 Å². The van der Waals surface area contributed by atoms with Crippen molar-refractivity contribution in [1.82, 2.24) is 24.6 Å². The molecule has 1 unspecified atom stereocenters. The zero-order chi connectivity index (χ0) is 25.8. The lowest BCUT2D eigenvalue weighted by atomic mass is 10.1. The van der Waals surface area contributed by atoms with Crippen LogP contribution in [0.1, 0.15) is 47.6 Å². The number of carbonyl (C=O) groups is 2. The molecule has 2 aliphatic heterocycles. The monoisotopic (exact) mass is 518 g/mol. The standard InChI is InChI=1S/C28H34N6O2S/c1-3-33-26(24-13-8-14-34(24)27(36)22-10-7-9-21(2)19-22)29-30-28(33)37-20-25(35)32-17-15-31(16-18-32)23-11-5-4-6-12-23/h4-7,9-12,19,24H,3,8,13-18,20H2,1-2H3. The second-order valence-electron chi connectivity index (χ2n) is 9.60. The fraction of sp³-hybridized carbons (Fsp3) is 0.429. The number of aromatic nitrogens is 3. The average Bonchev–Trinajstić information content (AvgIpc) is 3.58. The number of hydrogen-bond acceptors (Lipinski definition) is 6. The SMILES string of the molecule is CCn1c(SCC(=O)N2CCN(c3ccccc3)CC2)nnc1C1CCCN1C(=O)c1cccc(C)c1. The molecule has 0 radical (unpaired) electrons. The number of hydrogen-bond donors (Lipinski definition) is 0. The van der Waals surface area contributed by atoms with E-state index in [2.05, 4.69) is 38.7 Å². The molecule has 8 nitrogen and oxygen atoms in total. The number of amides is 2. The summed E-state index contributed by atoms with van der Waals surface area (Å²) in [6, 6.07) is 18.0. The van der Waals surface area contributed by atoms with E-state index in [1.54, 1.807) is 0 Å². The smallest absolute Gasteiger partial charge is 0.254 e. The Morgan fingerprint density at radius 3 is 2.49 bits per heavy atom. The summed E-state index contributed by atoms with van der Waals surface area (Å²) in [4.78, 5) is 32.5. The lowest BCUT2D eigenvalue weighted by Gasteiger charge is -2.36. The summed E-state index contributed by atoms with van der Waals surface area (Å²) in [6.07, 6.45) is 1.81. The van der Waals surface area contributed by atoms with Crippen molar-refractivity contribution in [2.75, 3.05) is 43.4 Å². The number of para-hydroxylation sites is 1. The molecule has 0 N–H and O–H groups in total. The summed E-state index contributed by atoms with van der Waals surface area (Å²) in [5, 5.41) is 9.69. The van der Waals surface area contributed by atoms with Crippen molar-refractivity contribution < 1.29 is 9.59 Å². The minimum atomic E-state index is -0.100. The summed E-state index contributed by atoms with van der Waals surface area (Å²) < 4.78 is 2.07. The van der Waals surface area contributed by atoms with Crippen LogP contribution < -0.4 is 4.90 Å². The van der Waals surface area contributed by atoms with Crippen molar-refractivity contribution in [2.24, 2.45) is 0 Å². The predicted octanol–water partition coefficient (Wildman–Crippen LogP) is 4.02. The van der Waals surface area contributed by atoms with Crippen LogP contribution in [0, 0.1) is 6.92 Å². The van der Waals surface area contributed by atoms with Gasteiger partial charge in [0.15, 0.2) is 11.0 Å². The van der Waals surface area contributed by atoms with Crippen LogP contribution in [-0.2, 0) is 11.3 Å². The third-order valence-corrected chi connectivity index (χ3v) is 8.17. The molecule has 1 aromatic heterocycles. The molecule has 3 aromatic rings. The maximum atomic E-state index is 13.3. The Morgan fingerprint density at radius 2 is 1.76 bits per heavy atom. The van der Waals surface area contributed by atoms with Gasteiger partial charge in [0.05, 0.1) is 11.8 Å². The van der Waals surface area contributed by atoms with E-state index in [4.69, 9.17) is 0 Å². The molecular weight excluding hydrogens is 484 g/mol. The van der Waals surface area contributed by atoms with E-state index in [0.29, 0.717) is 24.4 Å². The van der Waals surface area contributed by atoms with E-state index in [0.717, 1.165) is 55.6 Å². The minimum absolute atomic E-state index is 0.0379. The van der Waals surface area contributed by atoms with Crippen LogP contribution in [0.2, 0.25) is 0 Å². The first-order chi connectivity index (χ1) is 18.0. The molecule has 2 amide bonds. The van der Waals surface area contributed by atoms with E-state index >= 15 is 0 Å². The number of aryl methyl sites for hydroxylation is 1. The summed E-state index contributed by atoms with van der Waals surface area (Å²) in [6.45, 7) is 8.57. The van der Waals surface area contributed by atoms with Crippen LogP contribution in [0.5, 0.6) is 0 Å². The van der Waals surface area contributed by atoms with Crippen molar-refractivity contribution in [3.8, 4) is 0 Å². The molecular formula is C28H34N6O2S. The number of anilines is 1. The Bertz CT molecular complexity index is 1240. The van der Waals surface area contributed by atoms with Crippen molar-refractivity contribution in [1.29, 1.82) is 0 Å². The van der Waals surface area contributed by atoms with E-state index in [9.17, 15) is 9.59 Å². The molecule has 1 atom stereocenters. The second-order valence-corrected chi connectivity index (χ2v) is 10.5. The van der Waals surface area contributed by atoms with Gasteiger partial charge in [-0.25, -0.2) is 0 Å². The lowest BCUT2D eigenvalue weighted by Crippen LogP contribution is -2.49. The quantitative estimate of drug-likeness (QED) is 0.440. The molecule has 3 heterocycles. The average molecular weight is 519 g/mol. The first-order valence-electron chi connectivity index (χ1n) is 13.1. The summed E-state index contributed by atoms with van der Waals surface area (Å²) in [5.74, 6) is 1.31. The molecule has 194 valence electrons. The molecule has 0 bridgehead atoms. The second kappa shape index (κ2) is 11.4. The maximum absolute atomic E-state index is 13.3. The highest BCUT2D eigenvalue weighted by atomic mass is 32.2. The molecule has 2 aromatic carbocycles. The lowest BCUT2D eigenvalue weighted by molar-refractivity contribution is -0.128. The minimum Gasteiger partial charge on any atom is -0.368 e. The van der Waals surface area contributed by atoms with Gasteiger partial charge in [-0.2, -0.15) is 0 Å². The molecule has 5 rings (SSSR count). The van der Waals surface area contributed by atoms with Crippen molar-refractivity contribution >= 4 is 29.3 Å². The van der Waals surface area contributed by atoms with Crippen LogP contribution in [0.15, 0.2) is 59.8 Å². The first-order valence-corrected chi connectivity index (χ1v) is 14.0. The third kappa shape index (κ3) is 5.51. The number of thioether (sulfide) groups is 1. The first kappa shape index (κ1) is 25.3. The van der Waals surface area contributed by atoms with E-state index in [1.165, 1.54) is 17.4 Å². The topological polar surface area (TPSA) is 74.6 Å². The molecule has 9 heteroatoms. The fourth-order valence-corrected chi connectivity index (χ4v) is 6.16. The van der Waals surface area contributed by atoms with E-state index < -0.39 is 0 Å². The van der Waals surface area contributed by atoms with Gasteiger partial charge < -0.3 is 19.3 Å². The molecule has 2 aliphatic rings. The number of piperazine rings is 1. The van der Waals surface area contributed by atoms with Gasteiger partial charge in [-0.15, -0.1) is 10.2 Å². The highest BCUT2D eigenvalue weighted by Gasteiger charge is 2.35. The van der Waals surface area contributed by atoms with Crippen LogP contribution in [0.4, 0.5) is 5.69 Å². The van der Waals surface area contributed by atoms with Crippen LogP contribution >= 0.6 is 11.8 Å². The van der Waals surface area contributed by atoms with Crippen LogP contribution in [0.3, 0.4) is 0 Å². The van der Waals surface area contributed by atoms with Gasteiger partial charge in [0.1, 0.15) is 0 Å². The molecule has 0 aliphatic carbocycles. The predicted molar refractivity (Wildman–Crippen MR) is 146 cm³/mol. The van der Waals surface area contributed by atoms with Gasteiger partial charge in [0.2, 0.25) is 5.91 Å². The Kier molecular flexibility index (Phi) is 7.79. The summed E-state index contributed by atoms with van der Waals surface area (Å²) >= 11 is 1.44. The Labute approximate surface area is 222 Å². The van der Waals surface area contributed by atoms with E-state index in [-0.39, 0.29) is 17.9 Å². The number of carbonyl (C=O) groups excluding carboxylic acids is 2. The number of nitrogens with zero attached hydrogens (tertiary/aromatic N) is 6. The molecule has 37 heavy (non-hydrogen) atoms. The van der Waals surface area contributed by atoms with Gasteiger partial charge in [0, 0.05) is 50.5 Å². The normalized spacial score (nSPS) is 17.9. The Balaban J connectivity index is 1.21. The van der Waals surface area contributed by atoms with Gasteiger partial charge in [-0.3, -0.25) is 9.59 Å². The Hall–Kier alpha value is -3.33. The summed E-state index contributed by atoms with van der Waals surface area (Å²) in [7, 11) is 0. The van der Waals surface area contributed by atoms with Crippen molar-refractivity contribution in [3.05, 3.63) is 71.5 Å². The molecule has 2 fully saturated rings. The summed E-state index contributed by atoms with van der Waals surface area (Å²) in [5.41, 5.74) is 2.99. The van der Waals surface area contributed by atoms with Crippen molar-refractivity contribution in [2.45, 2.75) is 44.4 Å². The van der Waals surface area contributed by atoms with Gasteiger partial charge in [-0.05, 0) is 51.0 Å². The van der Waals surface area contributed by atoms with Crippen molar-refractivity contribution in [3.63, 3.8) is 0 Å². The molecule has 2 saturated heterocycles. The number of rotatable bonds is 7. The Morgan fingerprint density at radius 1 is 0.973 bits per heavy atom. The number of likely N-dealkylation sites (tertiary alicyclic amines) is 1. The largest absolute Gasteiger partial charge is 0.368 e. The molecule has 0 spiro atoms. The maximum Gasteiger partial charge on any atom is 0.254 e. The molecule has 0 saturated carbocycles. The zero-order valence-electron chi connectivity index (χ0n) is 21.5. The highest BCUT2D eigenvalue weighted by molar-refractivity contribution is 7.99. The van der Waals surface area contributed by atoms with Crippen LogP contribution in [-0.4, -0.2) is 74.9 Å². The number of benzene rings is 2. The van der Waals surface area contributed by atoms with E-state index in [1.807, 2.05) is 59.2 Å².